The van der Waals surface area contributed by atoms with Crippen LogP contribution in [0.15, 0.2) is 60.7 Å². The van der Waals surface area contributed by atoms with Crippen LogP contribution < -0.4 is 16.4 Å². The molecule has 2 aromatic rings. The second kappa shape index (κ2) is 11.9. The first kappa shape index (κ1) is 24.1. The van der Waals surface area contributed by atoms with E-state index in [-0.39, 0.29) is 18.8 Å². The summed E-state index contributed by atoms with van der Waals surface area (Å²) >= 11 is 0. The van der Waals surface area contributed by atoms with E-state index in [1.54, 1.807) is 12.1 Å². The molecule has 2 amide bonds. The predicted octanol–water partition coefficient (Wildman–Crippen LogP) is 1.90. The summed E-state index contributed by atoms with van der Waals surface area (Å²) in [5, 5.41) is 14.9. The summed E-state index contributed by atoms with van der Waals surface area (Å²) in [7, 11) is 0. The fraction of sp³-hybridized carbons (Fsp3) is 0.375. The van der Waals surface area contributed by atoms with Gasteiger partial charge in [-0.15, -0.1) is 0 Å². The molecule has 0 spiro atoms. The molecule has 0 bridgehead atoms. The monoisotopic (exact) mass is 425 g/mol. The van der Waals surface area contributed by atoms with Gasteiger partial charge in [-0.25, -0.2) is 4.79 Å². The van der Waals surface area contributed by atoms with Gasteiger partial charge in [-0.2, -0.15) is 0 Å². The molecule has 0 aromatic heterocycles. The summed E-state index contributed by atoms with van der Waals surface area (Å²) in [4.78, 5) is 37.3. The van der Waals surface area contributed by atoms with Crippen molar-refractivity contribution in [2.45, 2.75) is 51.2 Å². The van der Waals surface area contributed by atoms with E-state index in [1.165, 1.54) is 0 Å². The van der Waals surface area contributed by atoms with Crippen molar-refractivity contribution in [1.29, 1.82) is 0 Å². The molecule has 0 aliphatic rings. The van der Waals surface area contributed by atoms with Crippen molar-refractivity contribution in [3.63, 3.8) is 0 Å². The summed E-state index contributed by atoms with van der Waals surface area (Å²) < 4.78 is 0. The standard InChI is InChI=1S/C24H31N3O4/c1-16(2)13-19(25)22(28)26-20(14-17-9-5-3-6-10-17)23(29)27-21(24(30)31)15-18-11-7-4-8-12-18/h3-12,16,19-21H,13-15,25H2,1-2H3,(H,26,28)(H,27,29)(H,30,31). The number of carboxylic acids is 1. The largest absolute Gasteiger partial charge is 0.480 e. The average Bonchev–Trinajstić information content (AvgIpc) is 2.73. The van der Waals surface area contributed by atoms with Gasteiger partial charge in [0.2, 0.25) is 11.8 Å². The lowest BCUT2D eigenvalue weighted by Gasteiger charge is -2.23. The Hall–Kier alpha value is -3.19. The molecular formula is C24H31N3O4. The SMILES string of the molecule is CC(C)CC(N)C(=O)NC(Cc1ccccc1)C(=O)NC(Cc1ccccc1)C(=O)O. The summed E-state index contributed by atoms with van der Waals surface area (Å²) in [5.74, 6) is -1.90. The van der Waals surface area contributed by atoms with E-state index in [0.717, 1.165) is 11.1 Å². The van der Waals surface area contributed by atoms with E-state index < -0.39 is 35.9 Å². The van der Waals surface area contributed by atoms with Crippen molar-refractivity contribution in [2.24, 2.45) is 11.7 Å². The van der Waals surface area contributed by atoms with Gasteiger partial charge in [0, 0.05) is 12.8 Å². The minimum absolute atomic E-state index is 0.140. The molecule has 0 aliphatic carbocycles. The lowest BCUT2D eigenvalue weighted by Crippen LogP contribution is -2.55. The molecule has 3 unspecified atom stereocenters. The first-order valence-electron chi connectivity index (χ1n) is 10.4. The second-order valence-corrected chi connectivity index (χ2v) is 8.08. The molecule has 2 rings (SSSR count). The number of hydrogen-bond donors (Lipinski definition) is 4. The average molecular weight is 426 g/mol. The zero-order valence-electron chi connectivity index (χ0n) is 18.0. The molecule has 0 fully saturated rings. The second-order valence-electron chi connectivity index (χ2n) is 8.08. The zero-order chi connectivity index (χ0) is 22.8. The van der Waals surface area contributed by atoms with Gasteiger partial charge in [0.1, 0.15) is 12.1 Å². The van der Waals surface area contributed by atoms with Crippen LogP contribution >= 0.6 is 0 Å². The highest BCUT2D eigenvalue weighted by Gasteiger charge is 2.28. The van der Waals surface area contributed by atoms with Crippen molar-refractivity contribution in [1.82, 2.24) is 10.6 Å². The topological polar surface area (TPSA) is 122 Å². The number of aliphatic carboxylic acids is 1. The maximum atomic E-state index is 13.0. The Morgan fingerprint density at radius 2 is 1.26 bits per heavy atom. The lowest BCUT2D eigenvalue weighted by molar-refractivity contribution is -0.142. The van der Waals surface area contributed by atoms with Crippen molar-refractivity contribution < 1.29 is 19.5 Å². The Kier molecular flexibility index (Phi) is 9.21. The number of carbonyl (C=O) groups excluding carboxylic acids is 2. The molecule has 166 valence electrons. The summed E-state index contributed by atoms with van der Waals surface area (Å²) in [6.07, 6.45) is 0.850. The fourth-order valence-electron chi connectivity index (χ4n) is 3.27. The summed E-state index contributed by atoms with van der Waals surface area (Å²) in [6, 6.07) is 15.5. The van der Waals surface area contributed by atoms with E-state index in [1.807, 2.05) is 62.4 Å². The number of benzene rings is 2. The molecule has 31 heavy (non-hydrogen) atoms. The number of carboxylic acid groups (broad SMARTS) is 1. The third-order valence-corrected chi connectivity index (χ3v) is 4.87. The number of carbonyl (C=O) groups is 3. The van der Waals surface area contributed by atoms with Gasteiger partial charge in [-0.05, 0) is 23.5 Å². The normalized spacial score (nSPS) is 13.8. The van der Waals surface area contributed by atoms with Crippen LogP contribution in [0.1, 0.15) is 31.4 Å². The molecule has 0 saturated carbocycles. The molecule has 5 N–H and O–H groups in total. The molecule has 2 aromatic carbocycles. The maximum absolute atomic E-state index is 13.0. The highest BCUT2D eigenvalue weighted by molar-refractivity contribution is 5.92. The summed E-state index contributed by atoms with van der Waals surface area (Å²) in [5.41, 5.74) is 7.61. The van der Waals surface area contributed by atoms with Gasteiger partial charge in [0.25, 0.3) is 0 Å². The van der Waals surface area contributed by atoms with Crippen LogP contribution in [-0.4, -0.2) is 41.0 Å². The van der Waals surface area contributed by atoms with Crippen molar-refractivity contribution in [3.05, 3.63) is 71.8 Å². The van der Waals surface area contributed by atoms with Crippen LogP contribution in [0, 0.1) is 5.92 Å². The molecule has 0 radical (unpaired) electrons. The number of nitrogens with two attached hydrogens (primary N) is 1. The molecule has 7 nitrogen and oxygen atoms in total. The third-order valence-electron chi connectivity index (χ3n) is 4.87. The fourth-order valence-corrected chi connectivity index (χ4v) is 3.27. The number of rotatable bonds is 11. The molecular weight excluding hydrogens is 394 g/mol. The van der Waals surface area contributed by atoms with Crippen LogP contribution in [0.3, 0.4) is 0 Å². The number of nitrogens with one attached hydrogen (secondary N) is 2. The van der Waals surface area contributed by atoms with Gasteiger partial charge in [-0.1, -0.05) is 74.5 Å². The Balaban J connectivity index is 2.15. The highest BCUT2D eigenvalue weighted by atomic mass is 16.4. The molecule has 0 heterocycles. The number of amides is 2. The predicted molar refractivity (Wildman–Crippen MR) is 119 cm³/mol. The van der Waals surface area contributed by atoms with Crippen molar-refractivity contribution in [3.8, 4) is 0 Å². The van der Waals surface area contributed by atoms with E-state index >= 15 is 0 Å². The zero-order valence-corrected chi connectivity index (χ0v) is 18.0. The van der Waals surface area contributed by atoms with E-state index in [2.05, 4.69) is 10.6 Å². The lowest BCUT2D eigenvalue weighted by atomic mass is 10.0. The molecule has 7 heteroatoms. The van der Waals surface area contributed by atoms with Crippen LogP contribution in [0.4, 0.5) is 0 Å². The van der Waals surface area contributed by atoms with Gasteiger partial charge in [0.05, 0.1) is 6.04 Å². The number of hydrogen-bond acceptors (Lipinski definition) is 4. The van der Waals surface area contributed by atoms with Crippen LogP contribution in [-0.2, 0) is 27.2 Å². The Morgan fingerprint density at radius 1 is 0.806 bits per heavy atom. The van der Waals surface area contributed by atoms with Crippen LogP contribution in [0.5, 0.6) is 0 Å². The Bertz CT molecular complexity index is 856. The van der Waals surface area contributed by atoms with E-state index in [0.29, 0.717) is 6.42 Å². The van der Waals surface area contributed by atoms with Crippen LogP contribution in [0.25, 0.3) is 0 Å². The minimum Gasteiger partial charge on any atom is -0.480 e. The van der Waals surface area contributed by atoms with E-state index in [9.17, 15) is 19.5 Å². The third kappa shape index (κ3) is 8.22. The van der Waals surface area contributed by atoms with Crippen LogP contribution in [0.2, 0.25) is 0 Å². The highest BCUT2D eigenvalue weighted by Crippen LogP contribution is 2.08. The van der Waals surface area contributed by atoms with Gasteiger partial charge in [-0.3, -0.25) is 9.59 Å². The summed E-state index contributed by atoms with van der Waals surface area (Å²) in [6.45, 7) is 3.92. The first-order chi connectivity index (χ1) is 14.8. The van der Waals surface area contributed by atoms with Crippen molar-refractivity contribution in [2.75, 3.05) is 0 Å². The van der Waals surface area contributed by atoms with Gasteiger partial charge < -0.3 is 21.5 Å². The molecule has 0 saturated heterocycles. The molecule has 3 atom stereocenters. The quantitative estimate of drug-likeness (QED) is 0.438. The smallest absolute Gasteiger partial charge is 0.326 e. The maximum Gasteiger partial charge on any atom is 0.326 e. The Morgan fingerprint density at radius 3 is 1.71 bits per heavy atom. The van der Waals surface area contributed by atoms with E-state index in [4.69, 9.17) is 5.73 Å². The van der Waals surface area contributed by atoms with Crippen molar-refractivity contribution >= 4 is 17.8 Å². The first-order valence-corrected chi connectivity index (χ1v) is 10.4. The van der Waals surface area contributed by atoms with Gasteiger partial charge in [0.15, 0.2) is 0 Å². The Labute approximate surface area is 183 Å². The molecule has 0 aliphatic heterocycles. The minimum atomic E-state index is -1.14. The van der Waals surface area contributed by atoms with Gasteiger partial charge >= 0.3 is 5.97 Å².